The summed E-state index contributed by atoms with van der Waals surface area (Å²) < 4.78 is 111. The van der Waals surface area contributed by atoms with E-state index in [1.807, 2.05) is 0 Å². The van der Waals surface area contributed by atoms with Crippen LogP contribution in [0, 0.1) is 17.8 Å². The van der Waals surface area contributed by atoms with Crippen molar-refractivity contribution in [2.24, 2.45) is 17.8 Å². The molecule has 0 atom stereocenters. The number of hydrogen-bond acceptors (Lipinski definition) is 5. The third-order valence-corrected chi connectivity index (χ3v) is 9.35. The Kier molecular flexibility index (Phi) is 4.83. The summed E-state index contributed by atoms with van der Waals surface area (Å²) in [7, 11) is -12.1. The zero-order valence-electron chi connectivity index (χ0n) is 14.7. The number of carbonyl (C=O) groups is 1. The van der Waals surface area contributed by atoms with E-state index in [9.17, 15) is 43.6 Å². The normalized spacial score (nSPS) is 33.1. The molecule has 14 heteroatoms. The van der Waals surface area contributed by atoms with Crippen molar-refractivity contribution in [3.63, 3.8) is 0 Å². The van der Waals surface area contributed by atoms with Gasteiger partial charge in [-0.15, -0.1) is 0 Å². The lowest BCUT2D eigenvalue weighted by Gasteiger charge is -2.59. The maximum Gasteiger partial charge on any atom is 0.512 e. The molecule has 0 spiro atoms. The molecule has 4 saturated carbocycles. The highest BCUT2D eigenvalue weighted by Crippen LogP contribution is 2.57. The second kappa shape index (κ2) is 6.24. The van der Waals surface area contributed by atoms with Crippen LogP contribution in [0.3, 0.4) is 0 Å². The van der Waals surface area contributed by atoms with Crippen molar-refractivity contribution in [3.05, 3.63) is 0 Å². The Morgan fingerprint density at radius 1 is 0.893 bits per heavy atom. The van der Waals surface area contributed by atoms with Crippen LogP contribution in [0.1, 0.15) is 38.5 Å². The minimum atomic E-state index is -6.63. The number of carbonyl (C=O) groups excluding carboxylic acids is 1. The average molecular weight is 454 g/mol. The van der Waals surface area contributed by atoms with Gasteiger partial charge in [0.25, 0.3) is 0 Å². The molecule has 28 heavy (non-hydrogen) atoms. The van der Waals surface area contributed by atoms with Crippen LogP contribution >= 0.6 is 0 Å². The first-order valence-electron chi connectivity index (χ1n) is 8.51. The van der Waals surface area contributed by atoms with E-state index in [4.69, 9.17) is 0 Å². The van der Waals surface area contributed by atoms with E-state index >= 15 is 0 Å². The Labute approximate surface area is 158 Å². The number of sulfonamides is 2. The van der Waals surface area contributed by atoms with Gasteiger partial charge in [0, 0.05) is 12.6 Å². The first kappa shape index (κ1) is 21.7. The molecule has 162 valence electrons. The molecule has 4 fully saturated rings. The zero-order valence-corrected chi connectivity index (χ0v) is 16.3. The zero-order chi connectivity index (χ0) is 21.3. The summed E-state index contributed by atoms with van der Waals surface area (Å²) >= 11 is 0. The lowest BCUT2D eigenvalue weighted by Crippen LogP contribution is -2.64. The van der Waals surface area contributed by atoms with E-state index in [0.29, 0.717) is 24.2 Å². The number of halogens is 5. The van der Waals surface area contributed by atoms with Crippen LogP contribution in [0.5, 0.6) is 0 Å². The maximum absolute atomic E-state index is 14.4. The second-order valence-corrected chi connectivity index (χ2v) is 11.7. The van der Waals surface area contributed by atoms with Crippen molar-refractivity contribution in [2.75, 3.05) is 7.05 Å². The highest BCUT2D eigenvalue weighted by molar-refractivity contribution is 8.05. The van der Waals surface area contributed by atoms with Gasteiger partial charge in [0.2, 0.25) is 0 Å². The van der Waals surface area contributed by atoms with Crippen LogP contribution in [0.25, 0.3) is 0 Å². The predicted octanol–water partition coefficient (Wildman–Crippen LogP) is 1.78. The number of amides is 1. The molecule has 4 aliphatic rings. The van der Waals surface area contributed by atoms with E-state index in [2.05, 4.69) is 0 Å². The lowest BCUT2D eigenvalue weighted by molar-refractivity contribution is -0.162. The standard InChI is InChI=1S/C14H19F5N2O5S2/c1-21(12-5-8-2-9(6-12)4-10(3-8)7-12)11(22)13(15,16)27(23,24)20-28(25,26)14(17,18)19/h8-10,20H,2-7H2,1H3. The fraction of sp³-hybridized carbons (Fsp3) is 0.929. The minimum absolute atomic E-state index is 0.0557. The predicted molar refractivity (Wildman–Crippen MR) is 85.7 cm³/mol. The van der Waals surface area contributed by atoms with Crippen LogP contribution in [0.2, 0.25) is 0 Å². The van der Waals surface area contributed by atoms with Gasteiger partial charge in [-0.2, -0.15) is 22.0 Å². The summed E-state index contributed by atoms with van der Waals surface area (Å²) in [5.74, 6) is -1.58. The molecule has 0 saturated heterocycles. The van der Waals surface area contributed by atoms with Crippen LogP contribution in [0.15, 0.2) is 0 Å². The molecule has 4 rings (SSSR count). The van der Waals surface area contributed by atoms with Crippen molar-refractivity contribution in [2.45, 2.75) is 54.8 Å². The van der Waals surface area contributed by atoms with Crippen molar-refractivity contribution in [3.8, 4) is 0 Å². The van der Waals surface area contributed by atoms with Crippen LogP contribution < -0.4 is 4.13 Å². The number of hydrogen-bond donors (Lipinski definition) is 1. The molecule has 1 N–H and O–H groups in total. The molecular formula is C14H19F5N2O5S2. The van der Waals surface area contributed by atoms with Crippen molar-refractivity contribution in [1.29, 1.82) is 0 Å². The van der Waals surface area contributed by atoms with Gasteiger partial charge in [-0.3, -0.25) is 4.79 Å². The maximum atomic E-state index is 14.4. The van der Waals surface area contributed by atoms with Crippen molar-refractivity contribution >= 4 is 26.0 Å². The molecule has 0 radical (unpaired) electrons. The Morgan fingerprint density at radius 2 is 1.29 bits per heavy atom. The van der Waals surface area contributed by atoms with Crippen molar-refractivity contribution < 1.29 is 43.6 Å². The van der Waals surface area contributed by atoms with Gasteiger partial charge in [0.15, 0.2) is 0 Å². The minimum Gasteiger partial charge on any atom is -0.334 e. The topological polar surface area (TPSA) is 101 Å². The first-order chi connectivity index (χ1) is 12.5. The molecule has 0 heterocycles. The fourth-order valence-corrected chi connectivity index (χ4v) is 7.56. The molecule has 4 bridgehead atoms. The SMILES string of the molecule is CN(C(=O)C(F)(F)S(=O)(=O)NS(=O)(=O)C(F)(F)F)C12CC3CC(CC(C3)C1)C2. The summed E-state index contributed by atoms with van der Waals surface area (Å²) in [6.45, 7) is 0. The van der Waals surface area contributed by atoms with Crippen LogP contribution in [0.4, 0.5) is 22.0 Å². The number of nitrogens with one attached hydrogen (secondary N) is 1. The van der Waals surface area contributed by atoms with E-state index < -0.39 is 42.3 Å². The van der Waals surface area contributed by atoms with E-state index in [1.54, 1.807) is 0 Å². The smallest absolute Gasteiger partial charge is 0.334 e. The molecular weight excluding hydrogens is 435 g/mol. The number of nitrogens with zero attached hydrogens (tertiary/aromatic N) is 1. The van der Waals surface area contributed by atoms with Gasteiger partial charge in [-0.1, -0.05) is 4.13 Å². The van der Waals surface area contributed by atoms with Crippen LogP contribution in [-0.2, 0) is 24.8 Å². The molecule has 0 aromatic rings. The molecule has 0 aromatic carbocycles. The highest BCUT2D eigenvalue weighted by atomic mass is 32.3. The summed E-state index contributed by atoms with van der Waals surface area (Å²) in [6.07, 6.45) is 3.94. The Morgan fingerprint density at radius 3 is 1.64 bits per heavy atom. The van der Waals surface area contributed by atoms with E-state index in [0.717, 1.165) is 26.3 Å². The Balaban J connectivity index is 1.86. The van der Waals surface area contributed by atoms with Crippen molar-refractivity contribution in [1.82, 2.24) is 9.03 Å². The fourth-order valence-electron chi connectivity index (χ4n) is 5.25. The summed E-state index contributed by atoms with van der Waals surface area (Å²) in [4.78, 5) is 13.0. The Bertz CT molecular complexity index is 849. The monoisotopic (exact) mass is 454 g/mol. The molecule has 0 aromatic heterocycles. The molecule has 0 aliphatic heterocycles. The van der Waals surface area contributed by atoms with E-state index in [-0.39, 0.29) is 21.9 Å². The molecule has 1 amide bonds. The summed E-state index contributed by atoms with van der Waals surface area (Å²) in [6, 6.07) is 0. The average Bonchev–Trinajstić information content (AvgIpc) is 2.49. The molecule has 0 unspecified atom stereocenters. The lowest BCUT2D eigenvalue weighted by atomic mass is 9.52. The van der Waals surface area contributed by atoms with Gasteiger partial charge in [-0.05, 0) is 56.3 Å². The third kappa shape index (κ3) is 3.30. The quantitative estimate of drug-likeness (QED) is 0.639. The summed E-state index contributed by atoms with van der Waals surface area (Å²) in [5.41, 5.74) is -7.13. The van der Waals surface area contributed by atoms with Gasteiger partial charge in [0.05, 0.1) is 0 Å². The van der Waals surface area contributed by atoms with Crippen LogP contribution in [-0.4, -0.2) is 51.0 Å². The largest absolute Gasteiger partial charge is 0.512 e. The second-order valence-electron chi connectivity index (χ2n) is 8.06. The van der Waals surface area contributed by atoms with E-state index in [1.165, 1.54) is 0 Å². The van der Waals surface area contributed by atoms with Gasteiger partial charge >= 0.3 is 36.7 Å². The van der Waals surface area contributed by atoms with Gasteiger partial charge in [0.1, 0.15) is 0 Å². The number of alkyl halides is 5. The first-order valence-corrected chi connectivity index (χ1v) is 11.5. The Hall–Kier alpha value is -1.02. The highest BCUT2D eigenvalue weighted by Gasteiger charge is 2.63. The molecule has 7 nitrogen and oxygen atoms in total. The van der Waals surface area contributed by atoms with Gasteiger partial charge < -0.3 is 4.90 Å². The third-order valence-electron chi connectivity index (χ3n) is 6.13. The number of rotatable bonds is 5. The molecule has 4 aliphatic carbocycles. The summed E-state index contributed by atoms with van der Waals surface area (Å²) in [5, 5.41) is -5.39. The van der Waals surface area contributed by atoms with Gasteiger partial charge in [-0.25, -0.2) is 16.8 Å².